The van der Waals surface area contributed by atoms with E-state index in [0.717, 1.165) is 32.0 Å². The fourth-order valence-electron chi connectivity index (χ4n) is 2.65. The van der Waals surface area contributed by atoms with Crippen LogP contribution in [0.2, 0.25) is 0 Å². The number of halogens is 1. The fraction of sp³-hybridized carbons (Fsp3) is 0. The molecule has 0 saturated heterocycles. The molecule has 2 heterocycles. The summed E-state index contributed by atoms with van der Waals surface area (Å²) in [6, 6.07) is 14.2. The van der Waals surface area contributed by atoms with E-state index in [-0.39, 0.29) is 0 Å². The first-order chi connectivity index (χ1) is 10.3. The number of nitrogen functional groups attached to an aromatic ring is 1. The summed E-state index contributed by atoms with van der Waals surface area (Å²) in [7, 11) is 0. The van der Waals surface area contributed by atoms with E-state index in [9.17, 15) is 0 Å². The average Bonchev–Trinajstić information content (AvgIpc) is 2.84. The molecule has 21 heavy (non-hydrogen) atoms. The molecule has 0 saturated carbocycles. The van der Waals surface area contributed by atoms with Crippen molar-refractivity contribution >= 4 is 43.7 Å². The second-order valence-corrected chi connectivity index (χ2v) is 5.64. The van der Waals surface area contributed by atoms with Gasteiger partial charge in [0.2, 0.25) is 5.95 Å². The molecule has 0 fully saturated rings. The van der Waals surface area contributed by atoms with Crippen molar-refractivity contribution in [2.24, 2.45) is 0 Å². The van der Waals surface area contributed by atoms with Gasteiger partial charge in [-0.05, 0) is 23.6 Å². The highest BCUT2D eigenvalue weighted by molar-refractivity contribution is 9.10. The van der Waals surface area contributed by atoms with Crippen LogP contribution in [0.25, 0.3) is 27.5 Å². The van der Waals surface area contributed by atoms with Crippen LogP contribution in [0.3, 0.4) is 0 Å². The highest BCUT2D eigenvalue weighted by atomic mass is 79.9. The number of anilines is 1. The van der Waals surface area contributed by atoms with Gasteiger partial charge in [-0.25, -0.2) is 4.98 Å². The molecule has 2 N–H and O–H groups in total. The Morgan fingerprint density at radius 1 is 1.00 bits per heavy atom. The monoisotopic (exact) mass is 338 g/mol. The van der Waals surface area contributed by atoms with Crippen LogP contribution in [-0.4, -0.2) is 14.5 Å². The fourth-order valence-corrected chi connectivity index (χ4v) is 3.12. The van der Waals surface area contributed by atoms with Gasteiger partial charge in [0.05, 0.1) is 17.4 Å². The number of fused-ring (bicyclic) bond motifs is 2. The molecule has 4 nitrogen and oxygen atoms in total. The van der Waals surface area contributed by atoms with Crippen molar-refractivity contribution in [1.82, 2.24) is 14.5 Å². The Balaban J connectivity index is 2.15. The zero-order valence-electron chi connectivity index (χ0n) is 11.0. The van der Waals surface area contributed by atoms with E-state index >= 15 is 0 Å². The third-order valence-corrected chi connectivity index (χ3v) is 4.26. The minimum Gasteiger partial charge on any atom is -0.369 e. The molecule has 2 aromatic heterocycles. The molecular formula is C16H11BrN4. The van der Waals surface area contributed by atoms with Crippen molar-refractivity contribution in [2.45, 2.75) is 0 Å². The predicted octanol–water partition coefficient (Wildman–Crippen LogP) is 3.92. The molecule has 2 aromatic carbocycles. The van der Waals surface area contributed by atoms with Crippen molar-refractivity contribution in [3.05, 3.63) is 59.3 Å². The summed E-state index contributed by atoms with van der Waals surface area (Å²) in [6.07, 6.45) is 3.48. The zero-order valence-corrected chi connectivity index (χ0v) is 12.6. The molecule has 0 amide bonds. The lowest BCUT2D eigenvalue weighted by Gasteiger charge is -2.11. The molecule has 0 aliphatic rings. The first-order valence-corrected chi connectivity index (χ1v) is 7.30. The maximum absolute atomic E-state index is 6.13. The van der Waals surface area contributed by atoms with Crippen LogP contribution >= 0.6 is 15.9 Å². The molecule has 0 spiro atoms. The van der Waals surface area contributed by atoms with E-state index in [1.165, 1.54) is 0 Å². The van der Waals surface area contributed by atoms with Gasteiger partial charge in [-0.3, -0.25) is 9.55 Å². The lowest BCUT2D eigenvalue weighted by Crippen LogP contribution is -2.01. The van der Waals surface area contributed by atoms with Crippen LogP contribution in [0.5, 0.6) is 0 Å². The Hall–Kier alpha value is -2.40. The van der Waals surface area contributed by atoms with Gasteiger partial charge in [-0.1, -0.05) is 40.2 Å². The quantitative estimate of drug-likeness (QED) is 0.572. The topological polar surface area (TPSA) is 56.7 Å². The maximum Gasteiger partial charge on any atom is 0.206 e. The maximum atomic E-state index is 6.13. The third kappa shape index (κ3) is 1.81. The number of aromatic nitrogens is 3. The van der Waals surface area contributed by atoms with Crippen molar-refractivity contribution in [3.8, 4) is 5.69 Å². The molecule has 102 valence electrons. The number of nitrogens with two attached hydrogens (primary N) is 1. The number of nitrogens with zero attached hydrogens (tertiary/aromatic N) is 3. The van der Waals surface area contributed by atoms with Gasteiger partial charge >= 0.3 is 0 Å². The minimum absolute atomic E-state index is 0.463. The van der Waals surface area contributed by atoms with Crippen molar-refractivity contribution in [1.29, 1.82) is 0 Å². The Kier molecular flexibility index (Phi) is 2.68. The van der Waals surface area contributed by atoms with E-state index in [4.69, 9.17) is 5.73 Å². The highest BCUT2D eigenvalue weighted by Crippen LogP contribution is 2.32. The standard InChI is InChI=1S/C16H11BrN4/c17-12-5-6-14(11-4-2-1-3-10(11)12)21-15-7-8-19-9-13(15)20-16(21)18/h1-9H,(H2,18,20). The van der Waals surface area contributed by atoms with Gasteiger partial charge in [0, 0.05) is 16.1 Å². The summed E-state index contributed by atoms with van der Waals surface area (Å²) in [5.41, 5.74) is 8.89. The number of rotatable bonds is 1. The highest BCUT2D eigenvalue weighted by Gasteiger charge is 2.13. The van der Waals surface area contributed by atoms with E-state index in [2.05, 4.69) is 38.0 Å². The van der Waals surface area contributed by atoms with Crippen LogP contribution in [0.15, 0.2) is 59.3 Å². The molecule has 5 heteroatoms. The van der Waals surface area contributed by atoms with E-state index < -0.39 is 0 Å². The third-order valence-electron chi connectivity index (χ3n) is 3.57. The number of pyridine rings is 1. The predicted molar refractivity (Wildman–Crippen MR) is 88.5 cm³/mol. The Morgan fingerprint density at radius 2 is 1.81 bits per heavy atom. The molecule has 4 rings (SSSR count). The van der Waals surface area contributed by atoms with E-state index in [1.807, 2.05) is 34.9 Å². The minimum atomic E-state index is 0.463. The number of imidazole rings is 1. The Bertz CT molecular complexity index is 975. The van der Waals surface area contributed by atoms with Crippen LogP contribution in [-0.2, 0) is 0 Å². The molecule has 0 radical (unpaired) electrons. The molecular weight excluding hydrogens is 328 g/mol. The summed E-state index contributed by atoms with van der Waals surface area (Å²) >= 11 is 3.60. The van der Waals surface area contributed by atoms with E-state index in [0.29, 0.717) is 5.95 Å². The summed E-state index contributed by atoms with van der Waals surface area (Å²) in [6.45, 7) is 0. The number of hydrogen-bond acceptors (Lipinski definition) is 3. The van der Waals surface area contributed by atoms with Gasteiger partial charge in [0.1, 0.15) is 5.52 Å². The van der Waals surface area contributed by atoms with Gasteiger partial charge in [0.25, 0.3) is 0 Å². The van der Waals surface area contributed by atoms with Crippen molar-refractivity contribution in [2.75, 3.05) is 5.73 Å². The Labute approximate surface area is 129 Å². The lowest BCUT2D eigenvalue weighted by atomic mass is 10.1. The summed E-state index contributed by atoms with van der Waals surface area (Å²) in [5, 5.41) is 2.26. The normalized spacial score (nSPS) is 11.3. The lowest BCUT2D eigenvalue weighted by molar-refractivity contribution is 1.12. The van der Waals surface area contributed by atoms with Crippen molar-refractivity contribution in [3.63, 3.8) is 0 Å². The number of hydrogen-bond donors (Lipinski definition) is 1. The Morgan fingerprint density at radius 3 is 2.67 bits per heavy atom. The molecule has 0 aliphatic carbocycles. The summed E-state index contributed by atoms with van der Waals surface area (Å²) in [5.74, 6) is 0.463. The second kappa shape index (κ2) is 4.56. The molecule has 0 atom stereocenters. The van der Waals surface area contributed by atoms with Gasteiger partial charge < -0.3 is 5.73 Å². The number of benzene rings is 2. The van der Waals surface area contributed by atoms with Crippen LogP contribution < -0.4 is 5.73 Å². The first-order valence-electron chi connectivity index (χ1n) is 6.51. The summed E-state index contributed by atoms with van der Waals surface area (Å²) < 4.78 is 3.03. The second-order valence-electron chi connectivity index (χ2n) is 4.78. The molecule has 4 aromatic rings. The zero-order chi connectivity index (χ0) is 14.4. The van der Waals surface area contributed by atoms with Crippen LogP contribution in [0.1, 0.15) is 0 Å². The average molecular weight is 339 g/mol. The molecule has 0 bridgehead atoms. The van der Waals surface area contributed by atoms with Crippen LogP contribution in [0, 0.1) is 0 Å². The molecule has 0 unspecified atom stereocenters. The van der Waals surface area contributed by atoms with Gasteiger partial charge in [-0.15, -0.1) is 0 Å². The summed E-state index contributed by atoms with van der Waals surface area (Å²) in [4.78, 5) is 8.48. The van der Waals surface area contributed by atoms with Crippen LogP contribution in [0.4, 0.5) is 5.95 Å². The first kappa shape index (κ1) is 12.3. The molecule has 0 aliphatic heterocycles. The largest absolute Gasteiger partial charge is 0.369 e. The van der Waals surface area contributed by atoms with Gasteiger partial charge in [0.15, 0.2) is 0 Å². The SMILES string of the molecule is Nc1nc2cnccc2n1-c1ccc(Br)c2ccccc12. The smallest absolute Gasteiger partial charge is 0.206 e. The van der Waals surface area contributed by atoms with Gasteiger partial charge in [-0.2, -0.15) is 0 Å². The van der Waals surface area contributed by atoms with E-state index in [1.54, 1.807) is 12.4 Å². The van der Waals surface area contributed by atoms with Crippen molar-refractivity contribution < 1.29 is 0 Å².